The predicted octanol–water partition coefficient (Wildman–Crippen LogP) is 4.48. The largest absolute Gasteiger partial charge is 0.354 e. The number of hydrogen-bond acceptors (Lipinski definition) is 4. The van der Waals surface area contributed by atoms with Gasteiger partial charge < -0.3 is 15.5 Å². The summed E-state index contributed by atoms with van der Waals surface area (Å²) in [5.74, 6) is 0.190. The molecule has 1 atom stereocenters. The second-order valence-electron chi connectivity index (χ2n) is 7.30. The highest BCUT2D eigenvalue weighted by Gasteiger charge is 2.22. The lowest BCUT2D eigenvalue weighted by Crippen LogP contribution is -2.47. The van der Waals surface area contributed by atoms with Gasteiger partial charge in [-0.15, -0.1) is 0 Å². The molecule has 31 heavy (non-hydrogen) atoms. The molecule has 168 valence electrons. The van der Waals surface area contributed by atoms with Crippen molar-refractivity contribution in [2.75, 3.05) is 32.1 Å². The van der Waals surface area contributed by atoms with Gasteiger partial charge in [0, 0.05) is 18.1 Å². The third kappa shape index (κ3) is 9.11. The number of carbonyl (C=O) groups is 2. The molecule has 0 fully saturated rings. The molecule has 0 saturated heterocycles. The molecule has 2 amide bonds. The summed E-state index contributed by atoms with van der Waals surface area (Å²) in [6.45, 7) is 2.27. The minimum absolute atomic E-state index is 0.182. The molecule has 0 radical (unpaired) electrons. The molecular formula is C23H29Cl2N3O2S. The summed E-state index contributed by atoms with van der Waals surface area (Å²) in [5, 5.41) is 6.47. The van der Waals surface area contributed by atoms with Gasteiger partial charge in [0.2, 0.25) is 5.91 Å². The molecule has 0 spiro atoms. The van der Waals surface area contributed by atoms with Crippen LogP contribution in [0.25, 0.3) is 0 Å². The summed E-state index contributed by atoms with van der Waals surface area (Å²) in [4.78, 5) is 27.5. The van der Waals surface area contributed by atoms with E-state index in [1.54, 1.807) is 23.9 Å². The number of benzene rings is 2. The van der Waals surface area contributed by atoms with Crippen molar-refractivity contribution < 1.29 is 9.59 Å². The van der Waals surface area contributed by atoms with E-state index in [2.05, 4.69) is 34.7 Å². The second-order valence-corrected chi connectivity index (χ2v) is 9.13. The van der Waals surface area contributed by atoms with Gasteiger partial charge in [0.05, 0.1) is 10.6 Å². The molecule has 0 aliphatic heterocycles. The number of thioether (sulfide) groups is 1. The Morgan fingerprint density at radius 1 is 1.13 bits per heavy atom. The molecule has 2 aromatic carbocycles. The Kier molecular flexibility index (Phi) is 11.2. The highest BCUT2D eigenvalue weighted by atomic mass is 35.5. The van der Waals surface area contributed by atoms with Crippen LogP contribution in [0.4, 0.5) is 0 Å². The SMILES string of the molecule is CSCCC(NC(=O)c1ccc(Cl)cc1Cl)C(=O)NCCCN(C)Cc1ccccc1. The van der Waals surface area contributed by atoms with E-state index < -0.39 is 6.04 Å². The van der Waals surface area contributed by atoms with E-state index in [0.29, 0.717) is 23.6 Å². The Hall–Kier alpha value is -1.73. The molecule has 0 bridgehead atoms. The quantitative estimate of drug-likeness (QED) is 0.438. The standard InChI is InChI=1S/C23H29Cl2N3O2S/c1-28(16-17-7-4-3-5-8-17)13-6-12-26-23(30)21(11-14-31-2)27-22(29)19-10-9-18(24)15-20(19)25/h3-5,7-10,15,21H,6,11-14,16H2,1-2H3,(H,26,30)(H,27,29). The van der Waals surface area contributed by atoms with E-state index in [0.717, 1.165) is 25.3 Å². The summed E-state index contributed by atoms with van der Waals surface area (Å²) < 4.78 is 0. The number of nitrogens with one attached hydrogen (secondary N) is 2. The molecule has 8 heteroatoms. The molecule has 0 aromatic heterocycles. The number of rotatable bonds is 12. The van der Waals surface area contributed by atoms with Gasteiger partial charge >= 0.3 is 0 Å². The third-order valence-electron chi connectivity index (χ3n) is 4.72. The molecule has 0 aliphatic carbocycles. The van der Waals surface area contributed by atoms with Crippen molar-refractivity contribution in [3.63, 3.8) is 0 Å². The number of hydrogen-bond donors (Lipinski definition) is 2. The van der Waals surface area contributed by atoms with Gasteiger partial charge in [-0.2, -0.15) is 11.8 Å². The fraction of sp³-hybridized carbons (Fsp3) is 0.391. The normalized spacial score (nSPS) is 11.9. The summed E-state index contributed by atoms with van der Waals surface area (Å²) in [6.07, 6.45) is 3.33. The van der Waals surface area contributed by atoms with Crippen LogP contribution in [0.3, 0.4) is 0 Å². The van der Waals surface area contributed by atoms with Crippen molar-refractivity contribution in [2.45, 2.75) is 25.4 Å². The van der Waals surface area contributed by atoms with Gasteiger partial charge in [0.1, 0.15) is 6.04 Å². The van der Waals surface area contributed by atoms with Gasteiger partial charge in [-0.25, -0.2) is 0 Å². The van der Waals surface area contributed by atoms with Crippen LogP contribution in [-0.2, 0) is 11.3 Å². The van der Waals surface area contributed by atoms with Crippen molar-refractivity contribution in [1.29, 1.82) is 0 Å². The molecule has 2 N–H and O–H groups in total. The van der Waals surface area contributed by atoms with Gasteiger partial charge in [-0.3, -0.25) is 9.59 Å². The summed E-state index contributed by atoms with van der Waals surface area (Å²) in [6, 6.07) is 14.3. The summed E-state index contributed by atoms with van der Waals surface area (Å²) in [5.41, 5.74) is 1.56. The van der Waals surface area contributed by atoms with Crippen LogP contribution in [0.15, 0.2) is 48.5 Å². The average molecular weight is 482 g/mol. The Bertz CT molecular complexity index is 852. The third-order valence-corrected chi connectivity index (χ3v) is 5.91. The highest BCUT2D eigenvalue weighted by Crippen LogP contribution is 2.21. The van der Waals surface area contributed by atoms with E-state index >= 15 is 0 Å². The number of amides is 2. The Balaban J connectivity index is 1.82. The maximum Gasteiger partial charge on any atom is 0.253 e. The maximum absolute atomic E-state index is 12.7. The zero-order valence-corrected chi connectivity index (χ0v) is 20.2. The summed E-state index contributed by atoms with van der Waals surface area (Å²) in [7, 11) is 2.06. The monoisotopic (exact) mass is 481 g/mol. The van der Waals surface area contributed by atoms with Crippen molar-refractivity contribution in [3.8, 4) is 0 Å². The van der Waals surface area contributed by atoms with Crippen LogP contribution < -0.4 is 10.6 Å². The fourth-order valence-corrected chi connectivity index (χ4v) is 4.04. The van der Waals surface area contributed by atoms with E-state index in [4.69, 9.17) is 23.2 Å². The molecule has 5 nitrogen and oxygen atoms in total. The Labute approximate surface area is 198 Å². The number of halogens is 2. The predicted molar refractivity (Wildman–Crippen MR) is 131 cm³/mol. The van der Waals surface area contributed by atoms with Gasteiger partial charge in [-0.05, 0) is 62.2 Å². The smallest absolute Gasteiger partial charge is 0.253 e. The van der Waals surface area contributed by atoms with E-state index in [9.17, 15) is 9.59 Å². The first kappa shape index (κ1) is 25.5. The topological polar surface area (TPSA) is 61.4 Å². The number of carbonyl (C=O) groups excluding carboxylic acids is 2. The van der Waals surface area contributed by atoms with Crippen molar-refractivity contribution in [1.82, 2.24) is 15.5 Å². The van der Waals surface area contributed by atoms with Crippen LogP contribution >= 0.6 is 35.0 Å². The summed E-state index contributed by atoms with van der Waals surface area (Å²) >= 11 is 13.7. The second kappa shape index (κ2) is 13.6. The molecule has 2 rings (SSSR count). The zero-order valence-electron chi connectivity index (χ0n) is 17.9. The van der Waals surface area contributed by atoms with Crippen molar-refractivity contribution >= 4 is 46.8 Å². The lowest BCUT2D eigenvalue weighted by atomic mass is 10.1. The van der Waals surface area contributed by atoms with Gasteiger partial charge in [-0.1, -0.05) is 53.5 Å². The van der Waals surface area contributed by atoms with Gasteiger partial charge in [0.15, 0.2) is 0 Å². The molecule has 0 heterocycles. The lowest BCUT2D eigenvalue weighted by molar-refractivity contribution is -0.123. The first-order chi connectivity index (χ1) is 14.9. The van der Waals surface area contributed by atoms with Crippen LogP contribution in [0, 0.1) is 0 Å². The maximum atomic E-state index is 12.7. The van der Waals surface area contributed by atoms with Crippen molar-refractivity contribution in [3.05, 3.63) is 69.7 Å². The minimum Gasteiger partial charge on any atom is -0.354 e. The van der Waals surface area contributed by atoms with Crippen LogP contribution in [0.1, 0.15) is 28.8 Å². The molecule has 0 saturated carbocycles. The van der Waals surface area contributed by atoms with E-state index in [-0.39, 0.29) is 16.8 Å². The molecule has 2 aromatic rings. The first-order valence-electron chi connectivity index (χ1n) is 10.2. The van der Waals surface area contributed by atoms with Crippen molar-refractivity contribution in [2.24, 2.45) is 0 Å². The fourth-order valence-electron chi connectivity index (χ4n) is 3.07. The van der Waals surface area contributed by atoms with Crippen LogP contribution in [0.5, 0.6) is 0 Å². The Morgan fingerprint density at radius 3 is 2.55 bits per heavy atom. The van der Waals surface area contributed by atoms with E-state index in [1.165, 1.54) is 11.6 Å². The zero-order chi connectivity index (χ0) is 22.6. The molecule has 0 aliphatic rings. The van der Waals surface area contributed by atoms with E-state index in [1.807, 2.05) is 24.5 Å². The van der Waals surface area contributed by atoms with Crippen LogP contribution in [-0.4, -0.2) is 54.9 Å². The molecular weight excluding hydrogens is 453 g/mol. The lowest BCUT2D eigenvalue weighted by Gasteiger charge is -2.20. The number of nitrogens with zero attached hydrogens (tertiary/aromatic N) is 1. The average Bonchev–Trinajstić information content (AvgIpc) is 2.74. The first-order valence-corrected chi connectivity index (χ1v) is 12.3. The van der Waals surface area contributed by atoms with Gasteiger partial charge in [0.25, 0.3) is 5.91 Å². The highest BCUT2D eigenvalue weighted by molar-refractivity contribution is 7.98. The Morgan fingerprint density at radius 2 is 1.87 bits per heavy atom. The van der Waals surface area contributed by atoms with Crippen LogP contribution in [0.2, 0.25) is 10.0 Å². The molecule has 1 unspecified atom stereocenters. The minimum atomic E-state index is -0.617.